The molecule has 0 saturated heterocycles. The summed E-state index contributed by atoms with van der Waals surface area (Å²) in [6.45, 7) is 2.09. The number of para-hydroxylation sites is 1. The predicted molar refractivity (Wildman–Crippen MR) is 134 cm³/mol. The fourth-order valence-electron chi connectivity index (χ4n) is 3.82. The summed E-state index contributed by atoms with van der Waals surface area (Å²) < 4.78 is 14.4. The number of aryl methyl sites for hydroxylation is 1. The van der Waals surface area contributed by atoms with Crippen LogP contribution in [0.2, 0.25) is 0 Å². The first-order valence-corrected chi connectivity index (χ1v) is 11.2. The molecule has 0 atom stereocenters. The maximum atomic E-state index is 12.5. The minimum atomic E-state index is -0.452. The maximum Gasteiger partial charge on any atom is 0.331 e. The molecule has 5 rings (SSSR count). The van der Waals surface area contributed by atoms with Crippen LogP contribution in [0.1, 0.15) is 16.8 Å². The Hall–Kier alpha value is -4.65. The molecule has 0 unspecified atom stereocenters. The van der Waals surface area contributed by atoms with E-state index in [4.69, 9.17) is 14.6 Å². The van der Waals surface area contributed by atoms with Crippen LogP contribution in [0.3, 0.4) is 0 Å². The lowest BCUT2D eigenvalue weighted by molar-refractivity contribution is -0.139. The number of hydrogen-bond donors (Lipinski definition) is 0. The van der Waals surface area contributed by atoms with Crippen molar-refractivity contribution in [1.29, 1.82) is 0 Å². The number of esters is 1. The van der Waals surface area contributed by atoms with Crippen LogP contribution in [-0.2, 0) is 16.1 Å². The summed E-state index contributed by atoms with van der Waals surface area (Å²) in [7, 11) is 1.63. The van der Waals surface area contributed by atoms with Crippen LogP contribution in [0.15, 0.2) is 91.4 Å². The predicted octanol–water partition coefficient (Wildman–Crippen LogP) is 5.26. The van der Waals surface area contributed by atoms with Gasteiger partial charge >= 0.3 is 5.97 Å². The first-order chi connectivity index (χ1) is 17.1. The van der Waals surface area contributed by atoms with Crippen molar-refractivity contribution in [1.82, 2.24) is 19.2 Å². The van der Waals surface area contributed by atoms with E-state index in [0.29, 0.717) is 5.69 Å². The number of pyridine rings is 1. The minimum Gasteiger partial charge on any atom is -0.497 e. The number of benzene rings is 2. The number of fused-ring (bicyclic) bond motifs is 1. The van der Waals surface area contributed by atoms with Crippen molar-refractivity contribution in [2.45, 2.75) is 13.5 Å². The fraction of sp³-hybridized carbons (Fsp3) is 0.107. The van der Waals surface area contributed by atoms with Crippen molar-refractivity contribution < 1.29 is 14.3 Å². The Morgan fingerprint density at radius 2 is 1.80 bits per heavy atom. The van der Waals surface area contributed by atoms with Gasteiger partial charge in [-0.3, -0.25) is 0 Å². The number of rotatable bonds is 7. The van der Waals surface area contributed by atoms with Crippen LogP contribution in [0, 0.1) is 6.92 Å². The summed E-state index contributed by atoms with van der Waals surface area (Å²) in [4.78, 5) is 17.0. The van der Waals surface area contributed by atoms with Gasteiger partial charge in [-0.2, -0.15) is 5.10 Å². The molecule has 0 N–H and O–H groups in total. The third-order valence-corrected chi connectivity index (χ3v) is 5.62. The molecule has 0 bridgehead atoms. The number of methoxy groups -OCH3 is 1. The Bertz CT molecular complexity index is 1500. The first-order valence-electron chi connectivity index (χ1n) is 11.2. The highest BCUT2D eigenvalue weighted by Crippen LogP contribution is 2.27. The molecule has 0 amide bonds. The number of hydrogen-bond acceptors (Lipinski definition) is 5. The highest BCUT2D eigenvalue weighted by atomic mass is 16.5. The Kier molecular flexibility index (Phi) is 6.13. The van der Waals surface area contributed by atoms with Gasteiger partial charge in [-0.25, -0.2) is 14.5 Å². The molecule has 0 fully saturated rings. The lowest BCUT2D eigenvalue weighted by Crippen LogP contribution is -2.00. The zero-order valence-corrected chi connectivity index (χ0v) is 19.5. The molecule has 2 aromatic carbocycles. The van der Waals surface area contributed by atoms with Crippen molar-refractivity contribution in [3.63, 3.8) is 0 Å². The first kappa shape index (κ1) is 22.2. The Labute approximate surface area is 202 Å². The van der Waals surface area contributed by atoms with E-state index in [9.17, 15) is 4.79 Å². The highest BCUT2D eigenvalue weighted by molar-refractivity contribution is 5.88. The molecule has 35 heavy (non-hydrogen) atoms. The molecular formula is C28H24N4O3. The summed E-state index contributed by atoms with van der Waals surface area (Å²) >= 11 is 0. The van der Waals surface area contributed by atoms with Gasteiger partial charge in [0.25, 0.3) is 0 Å². The lowest BCUT2D eigenvalue weighted by atomic mass is 10.1. The fourth-order valence-corrected chi connectivity index (χ4v) is 3.82. The molecule has 0 aliphatic heterocycles. The second-order valence-corrected chi connectivity index (χ2v) is 8.04. The van der Waals surface area contributed by atoms with Gasteiger partial charge in [-0.1, -0.05) is 24.3 Å². The van der Waals surface area contributed by atoms with Crippen LogP contribution >= 0.6 is 0 Å². The van der Waals surface area contributed by atoms with Crippen molar-refractivity contribution in [3.8, 4) is 22.7 Å². The van der Waals surface area contributed by atoms with E-state index in [1.807, 2.05) is 96.6 Å². The van der Waals surface area contributed by atoms with Crippen LogP contribution in [0.5, 0.6) is 5.75 Å². The Morgan fingerprint density at radius 1 is 1.00 bits per heavy atom. The van der Waals surface area contributed by atoms with Gasteiger partial charge in [-0.15, -0.1) is 0 Å². The van der Waals surface area contributed by atoms with Gasteiger partial charge in [0.15, 0.2) is 0 Å². The standard InChI is InChI=1S/C28H24N4O3/c1-20-7-6-16-31-18-23(29-28(20)31)19-35-26(33)15-12-22-17-32(24-8-4-3-5-9-24)30-27(22)21-10-13-25(34-2)14-11-21/h3-18H,19H2,1-2H3/b15-12+. The van der Waals surface area contributed by atoms with Gasteiger partial charge in [0.05, 0.1) is 24.2 Å². The van der Waals surface area contributed by atoms with Crippen molar-refractivity contribution >= 4 is 17.7 Å². The molecular weight excluding hydrogens is 440 g/mol. The van der Waals surface area contributed by atoms with E-state index in [1.165, 1.54) is 6.08 Å². The van der Waals surface area contributed by atoms with E-state index >= 15 is 0 Å². The molecule has 174 valence electrons. The molecule has 0 saturated carbocycles. The summed E-state index contributed by atoms with van der Waals surface area (Å²) in [5.41, 5.74) is 5.98. The number of nitrogens with zero attached hydrogens (tertiary/aromatic N) is 4. The molecule has 0 spiro atoms. The zero-order chi connectivity index (χ0) is 24.2. The normalized spacial score (nSPS) is 11.3. The summed E-state index contributed by atoms with van der Waals surface area (Å²) in [5.74, 6) is 0.311. The van der Waals surface area contributed by atoms with Gasteiger partial charge in [0.1, 0.15) is 18.0 Å². The van der Waals surface area contributed by atoms with Gasteiger partial charge in [-0.05, 0) is 61.0 Å². The number of ether oxygens (including phenoxy) is 2. The van der Waals surface area contributed by atoms with E-state index in [-0.39, 0.29) is 6.61 Å². The Balaban J connectivity index is 1.37. The monoisotopic (exact) mass is 464 g/mol. The quantitative estimate of drug-likeness (QED) is 0.243. The van der Waals surface area contributed by atoms with Crippen LogP contribution in [0.4, 0.5) is 0 Å². The minimum absolute atomic E-state index is 0.0961. The van der Waals surface area contributed by atoms with Gasteiger partial charge in [0.2, 0.25) is 0 Å². The van der Waals surface area contributed by atoms with Crippen LogP contribution in [0.25, 0.3) is 28.7 Å². The molecule has 0 radical (unpaired) electrons. The lowest BCUT2D eigenvalue weighted by Gasteiger charge is -2.03. The molecule has 3 heterocycles. The Morgan fingerprint density at radius 3 is 2.54 bits per heavy atom. The third-order valence-electron chi connectivity index (χ3n) is 5.62. The van der Waals surface area contributed by atoms with Gasteiger partial charge < -0.3 is 13.9 Å². The average molecular weight is 465 g/mol. The number of carbonyl (C=O) groups excluding carboxylic acids is 1. The van der Waals surface area contributed by atoms with Crippen LogP contribution < -0.4 is 4.74 Å². The molecule has 7 heteroatoms. The van der Waals surface area contributed by atoms with Crippen LogP contribution in [-0.4, -0.2) is 32.2 Å². The SMILES string of the molecule is COc1ccc(-c2nn(-c3ccccc3)cc2/C=C/C(=O)OCc2cn3cccc(C)c3n2)cc1. The summed E-state index contributed by atoms with van der Waals surface area (Å²) in [6, 6.07) is 21.4. The number of imidazole rings is 1. The van der Waals surface area contributed by atoms with E-state index < -0.39 is 5.97 Å². The largest absolute Gasteiger partial charge is 0.497 e. The van der Waals surface area contributed by atoms with Crippen molar-refractivity contribution in [2.24, 2.45) is 0 Å². The second-order valence-electron chi connectivity index (χ2n) is 8.04. The molecule has 5 aromatic rings. The molecule has 0 aliphatic rings. The molecule has 0 aliphatic carbocycles. The summed E-state index contributed by atoms with van der Waals surface area (Å²) in [6.07, 6.45) is 8.82. The average Bonchev–Trinajstić information content (AvgIpc) is 3.52. The van der Waals surface area contributed by atoms with E-state index in [1.54, 1.807) is 17.9 Å². The summed E-state index contributed by atoms with van der Waals surface area (Å²) in [5, 5.41) is 4.77. The zero-order valence-electron chi connectivity index (χ0n) is 19.5. The number of carbonyl (C=O) groups is 1. The van der Waals surface area contributed by atoms with E-state index in [0.717, 1.165) is 39.5 Å². The van der Waals surface area contributed by atoms with Crippen molar-refractivity contribution in [3.05, 3.63) is 108 Å². The second kappa shape index (κ2) is 9.69. The molecule has 7 nitrogen and oxygen atoms in total. The third kappa shape index (κ3) is 4.84. The topological polar surface area (TPSA) is 70.7 Å². The highest BCUT2D eigenvalue weighted by Gasteiger charge is 2.12. The maximum absolute atomic E-state index is 12.5. The number of aromatic nitrogens is 4. The molecule has 3 aromatic heterocycles. The van der Waals surface area contributed by atoms with Crippen molar-refractivity contribution in [2.75, 3.05) is 7.11 Å². The van der Waals surface area contributed by atoms with E-state index in [2.05, 4.69) is 4.98 Å². The smallest absolute Gasteiger partial charge is 0.331 e. The van der Waals surface area contributed by atoms with Gasteiger partial charge in [0, 0.05) is 35.8 Å².